The number of hydrogen-bond acceptors (Lipinski definition) is 4. The third-order valence-electron chi connectivity index (χ3n) is 6.26. The average molecular weight is 375 g/mol. The van der Waals surface area contributed by atoms with Crippen molar-refractivity contribution in [3.8, 4) is 0 Å². The maximum Gasteiger partial charge on any atom is 0.226 e. The van der Waals surface area contributed by atoms with Crippen molar-refractivity contribution in [2.24, 2.45) is 0 Å². The minimum absolute atomic E-state index is 0.0102. The number of rotatable bonds is 2. The van der Waals surface area contributed by atoms with Gasteiger partial charge in [-0.05, 0) is 57.1 Å². The highest BCUT2D eigenvalue weighted by Crippen LogP contribution is 2.41. The second-order valence-corrected chi connectivity index (χ2v) is 8.10. The average Bonchev–Trinajstić information content (AvgIpc) is 3.12. The van der Waals surface area contributed by atoms with E-state index in [0.29, 0.717) is 12.5 Å². The van der Waals surface area contributed by atoms with Crippen LogP contribution in [0.4, 0.5) is 5.82 Å². The van der Waals surface area contributed by atoms with Crippen LogP contribution in [0.2, 0.25) is 0 Å². The topological polar surface area (TPSA) is 63.1 Å². The van der Waals surface area contributed by atoms with Crippen LogP contribution in [-0.4, -0.2) is 45.7 Å². The summed E-state index contributed by atoms with van der Waals surface area (Å²) in [7, 11) is 2.16. The molecule has 1 unspecified atom stereocenters. The number of benzene rings is 1. The predicted octanol–water partition coefficient (Wildman–Crippen LogP) is 3.48. The molecule has 1 fully saturated rings. The molecule has 144 valence electrons. The molecule has 4 heterocycles. The maximum absolute atomic E-state index is 12.6. The molecule has 1 atom stereocenters. The van der Waals surface area contributed by atoms with E-state index in [1.54, 1.807) is 0 Å². The highest BCUT2D eigenvalue weighted by molar-refractivity contribution is 5.96. The van der Waals surface area contributed by atoms with E-state index in [2.05, 4.69) is 52.1 Å². The summed E-state index contributed by atoms with van der Waals surface area (Å²) in [5.74, 6) is 0.953. The number of anilines is 1. The minimum atomic E-state index is 0.0102. The third kappa shape index (κ3) is 2.79. The van der Waals surface area contributed by atoms with Gasteiger partial charge in [-0.1, -0.05) is 18.2 Å². The zero-order valence-corrected chi connectivity index (χ0v) is 16.4. The first kappa shape index (κ1) is 17.4. The molecule has 6 nitrogen and oxygen atoms in total. The van der Waals surface area contributed by atoms with Crippen LogP contribution in [0.15, 0.2) is 36.7 Å². The Labute approximate surface area is 164 Å². The normalized spacial score (nSPS) is 20.9. The highest BCUT2D eigenvalue weighted by atomic mass is 16.1. The van der Waals surface area contributed by atoms with E-state index < -0.39 is 0 Å². The first-order chi connectivity index (χ1) is 13.6. The van der Waals surface area contributed by atoms with Crippen molar-refractivity contribution in [3.63, 3.8) is 0 Å². The van der Waals surface area contributed by atoms with E-state index in [-0.39, 0.29) is 11.8 Å². The number of nitrogens with one attached hydrogen (secondary N) is 1. The Balaban J connectivity index is 1.59. The number of aryl methyl sites for hydroxylation is 1. The van der Waals surface area contributed by atoms with E-state index in [0.717, 1.165) is 59.3 Å². The second kappa shape index (κ2) is 6.71. The molecule has 0 radical (unpaired) electrons. The van der Waals surface area contributed by atoms with Crippen LogP contribution in [-0.2, 0) is 4.79 Å². The smallest absolute Gasteiger partial charge is 0.226 e. The van der Waals surface area contributed by atoms with Crippen LogP contribution in [0, 0.1) is 6.92 Å². The van der Waals surface area contributed by atoms with Crippen molar-refractivity contribution < 1.29 is 4.79 Å². The molecule has 1 aromatic carbocycles. The molecule has 1 saturated heterocycles. The molecule has 2 aliphatic heterocycles. The van der Waals surface area contributed by atoms with Crippen molar-refractivity contribution in [2.45, 2.75) is 38.1 Å². The quantitative estimate of drug-likeness (QED) is 0.745. The van der Waals surface area contributed by atoms with Crippen LogP contribution < -0.4 is 5.32 Å². The van der Waals surface area contributed by atoms with E-state index >= 15 is 0 Å². The van der Waals surface area contributed by atoms with E-state index in [1.807, 2.05) is 18.5 Å². The molecule has 1 N–H and O–H groups in total. The molecule has 0 saturated carbocycles. The van der Waals surface area contributed by atoms with Gasteiger partial charge in [0, 0.05) is 29.5 Å². The summed E-state index contributed by atoms with van der Waals surface area (Å²) in [5.41, 5.74) is 4.44. The Bertz CT molecular complexity index is 1050. The van der Waals surface area contributed by atoms with Gasteiger partial charge in [-0.2, -0.15) is 5.10 Å². The lowest BCUT2D eigenvalue weighted by Crippen LogP contribution is -2.33. The van der Waals surface area contributed by atoms with Gasteiger partial charge < -0.3 is 10.2 Å². The molecular formula is C22H25N5O. The summed E-state index contributed by atoms with van der Waals surface area (Å²) in [6.45, 7) is 4.20. The first-order valence-electron chi connectivity index (χ1n) is 10.0. The summed E-state index contributed by atoms with van der Waals surface area (Å²) in [6.07, 6.45) is 6.35. The zero-order valence-electron chi connectivity index (χ0n) is 16.4. The molecular weight excluding hydrogens is 350 g/mol. The van der Waals surface area contributed by atoms with Gasteiger partial charge in [0.25, 0.3) is 0 Å². The fourth-order valence-electron chi connectivity index (χ4n) is 4.67. The lowest BCUT2D eigenvalue weighted by molar-refractivity contribution is -0.116. The van der Waals surface area contributed by atoms with Crippen LogP contribution in [0.1, 0.15) is 47.9 Å². The summed E-state index contributed by atoms with van der Waals surface area (Å²) in [4.78, 5) is 19.5. The molecule has 6 heteroatoms. The number of piperidine rings is 1. The summed E-state index contributed by atoms with van der Waals surface area (Å²) >= 11 is 0. The second-order valence-electron chi connectivity index (χ2n) is 8.10. The van der Waals surface area contributed by atoms with E-state index in [1.165, 1.54) is 0 Å². The molecule has 28 heavy (non-hydrogen) atoms. The van der Waals surface area contributed by atoms with Crippen LogP contribution in [0.25, 0.3) is 10.9 Å². The van der Waals surface area contributed by atoms with E-state index in [9.17, 15) is 4.79 Å². The number of aromatic nitrogens is 3. The van der Waals surface area contributed by atoms with Gasteiger partial charge in [0.15, 0.2) is 0 Å². The highest BCUT2D eigenvalue weighted by Gasteiger charge is 2.33. The van der Waals surface area contributed by atoms with Gasteiger partial charge in [0.1, 0.15) is 5.82 Å². The lowest BCUT2D eigenvalue weighted by Gasteiger charge is -2.31. The first-order valence-corrected chi connectivity index (χ1v) is 10.0. The van der Waals surface area contributed by atoms with Crippen molar-refractivity contribution in [2.75, 3.05) is 25.5 Å². The Morgan fingerprint density at radius 2 is 1.96 bits per heavy atom. The van der Waals surface area contributed by atoms with Crippen molar-refractivity contribution in [1.29, 1.82) is 0 Å². The van der Waals surface area contributed by atoms with E-state index in [4.69, 9.17) is 5.10 Å². The largest absolute Gasteiger partial charge is 0.311 e. The Kier molecular flexibility index (Phi) is 4.16. The zero-order chi connectivity index (χ0) is 19.3. The fourth-order valence-corrected chi connectivity index (χ4v) is 4.67. The molecule has 5 rings (SSSR count). The number of carbonyl (C=O) groups is 1. The third-order valence-corrected chi connectivity index (χ3v) is 6.26. The predicted molar refractivity (Wildman–Crippen MR) is 110 cm³/mol. The fraction of sp³-hybridized carbons (Fsp3) is 0.409. The van der Waals surface area contributed by atoms with Gasteiger partial charge in [-0.3, -0.25) is 9.78 Å². The number of hydrogen-bond donors (Lipinski definition) is 1. The van der Waals surface area contributed by atoms with Gasteiger partial charge in [0.05, 0.1) is 17.8 Å². The van der Waals surface area contributed by atoms with Crippen LogP contribution in [0.3, 0.4) is 0 Å². The number of fused-ring (bicyclic) bond motifs is 2. The van der Waals surface area contributed by atoms with Crippen LogP contribution in [0.5, 0.6) is 0 Å². The number of carbonyl (C=O) groups excluding carboxylic acids is 1. The number of amides is 1. The molecule has 2 aromatic heterocycles. The molecule has 0 spiro atoms. The summed E-state index contributed by atoms with van der Waals surface area (Å²) in [5, 5.41) is 8.96. The van der Waals surface area contributed by atoms with Crippen molar-refractivity contribution in [3.05, 3.63) is 53.3 Å². The Hall–Kier alpha value is -2.73. The minimum Gasteiger partial charge on any atom is -0.311 e. The van der Waals surface area contributed by atoms with Gasteiger partial charge in [0.2, 0.25) is 5.91 Å². The Morgan fingerprint density at radius 1 is 1.14 bits per heavy atom. The molecule has 2 aliphatic rings. The maximum atomic E-state index is 12.6. The van der Waals surface area contributed by atoms with Crippen molar-refractivity contribution >= 4 is 22.6 Å². The molecule has 3 aromatic rings. The molecule has 0 aliphatic carbocycles. The molecule has 1 amide bonds. The lowest BCUT2D eigenvalue weighted by atomic mass is 9.84. The van der Waals surface area contributed by atoms with Crippen LogP contribution >= 0.6 is 0 Å². The SMILES string of the molecule is Cc1ccc(C2CC(=O)Nc3c2cnn3C2CCN(C)CC2)c2cccnc12. The molecule has 0 bridgehead atoms. The number of likely N-dealkylation sites (tertiary alicyclic amines) is 1. The number of pyridine rings is 1. The monoisotopic (exact) mass is 375 g/mol. The van der Waals surface area contributed by atoms with Gasteiger partial charge in [-0.15, -0.1) is 0 Å². The Morgan fingerprint density at radius 3 is 2.79 bits per heavy atom. The standard InChI is InChI=1S/C22H25N5O/c1-14-5-6-16(17-4-3-9-23-21(14)17)18-12-20(28)25-22-19(18)13-24-27(22)15-7-10-26(2)11-8-15/h3-6,9,13,15,18H,7-8,10-12H2,1-2H3,(H,25,28). The van der Waals surface area contributed by atoms with Gasteiger partial charge >= 0.3 is 0 Å². The van der Waals surface area contributed by atoms with Gasteiger partial charge in [-0.25, -0.2) is 4.68 Å². The summed E-state index contributed by atoms with van der Waals surface area (Å²) in [6, 6.07) is 8.68. The number of nitrogens with zero attached hydrogens (tertiary/aromatic N) is 4. The summed E-state index contributed by atoms with van der Waals surface area (Å²) < 4.78 is 2.06. The van der Waals surface area contributed by atoms with Crippen molar-refractivity contribution in [1.82, 2.24) is 19.7 Å².